The number of amides is 3. The zero-order chi connectivity index (χ0) is 23.4. The Bertz CT molecular complexity index is 1160. The summed E-state index contributed by atoms with van der Waals surface area (Å²) in [6, 6.07) is 23.9. The second-order valence-corrected chi connectivity index (χ2v) is 8.54. The van der Waals surface area contributed by atoms with Crippen LogP contribution in [0.25, 0.3) is 0 Å². The second kappa shape index (κ2) is 9.69. The van der Waals surface area contributed by atoms with Crippen LogP contribution in [0, 0.1) is 5.92 Å². The molecule has 3 amide bonds. The van der Waals surface area contributed by atoms with Crippen molar-refractivity contribution in [3.63, 3.8) is 0 Å². The fraction of sp³-hybridized carbons (Fsp3) is 0.222. The van der Waals surface area contributed by atoms with E-state index in [9.17, 15) is 14.4 Å². The maximum Gasteiger partial charge on any atom is 0.255 e. The highest BCUT2D eigenvalue weighted by molar-refractivity contribution is 6.07. The molecular formula is C27H27N3O3. The molecule has 1 aliphatic rings. The molecule has 1 fully saturated rings. The van der Waals surface area contributed by atoms with Crippen molar-refractivity contribution in [3.05, 3.63) is 90.0 Å². The van der Waals surface area contributed by atoms with Gasteiger partial charge in [-0.3, -0.25) is 14.4 Å². The number of nitrogens with zero attached hydrogens (tertiary/aromatic N) is 1. The van der Waals surface area contributed by atoms with Gasteiger partial charge in [0.1, 0.15) is 0 Å². The quantitative estimate of drug-likeness (QED) is 0.562. The lowest BCUT2D eigenvalue weighted by Crippen LogP contribution is -2.28. The van der Waals surface area contributed by atoms with Crippen molar-refractivity contribution in [1.29, 1.82) is 0 Å². The Morgan fingerprint density at radius 3 is 2.27 bits per heavy atom. The number of carbonyl (C=O) groups excluding carboxylic acids is 3. The van der Waals surface area contributed by atoms with Gasteiger partial charge in [0.2, 0.25) is 11.8 Å². The predicted molar refractivity (Wildman–Crippen MR) is 130 cm³/mol. The molecule has 1 heterocycles. The van der Waals surface area contributed by atoms with E-state index in [4.69, 9.17) is 0 Å². The summed E-state index contributed by atoms with van der Waals surface area (Å²) < 4.78 is 0. The van der Waals surface area contributed by atoms with E-state index in [0.29, 0.717) is 22.9 Å². The van der Waals surface area contributed by atoms with Gasteiger partial charge in [0.05, 0.1) is 5.92 Å². The van der Waals surface area contributed by atoms with E-state index in [2.05, 4.69) is 24.5 Å². The Labute approximate surface area is 193 Å². The molecule has 0 saturated carbocycles. The Kier molecular flexibility index (Phi) is 6.54. The first-order valence-electron chi connectivity index (χ1n) is 11.1. The van der Waals surface area contributed by atoms with Crippen LogP contribution in [0.5, 0.6) is 0 Å². The van der Waals surface area contributed by atoms with E-state index >= 15 is 0 Å². The summed E-state index contributed by atoms with van der Waals surface area (Å²) in [5.74, 6) is -0.605. The number of anilines is 3. The van der Waals surface area contributed by atoms with Crippen LogP contribution in [0.3, 0.4) is 0 Å². The van der Waals surface area contributed by atoms with Gasteiger partial charge in [0.15, 0.2) is 0 Å². The Morgan fingerprint density at radius 1 is 0.879 bits per heavy atom. The van der Waals surface area contributed by atoms with Crippen LogP contribution < -0.4 is 15.5 Å². The van der Waals surface area contributed by atoms with Gasteiger partial charge in [0, 0.05) is 35.6 Å². The summed E-state index contributed by atoms with van der Waals surface area (Å²) in [5.41, 5.74) is 3.67. The maximum absolute atomic E-state index is 12.8. The lowest BCUT2D eigenvalue weighted by atomic mass is 10.0. The molecule has 168 valence electrons. The van der Waals surface area contributed by atoms with Gasteiger partial charge < -0.3 is 15.5 Å². The first kappa shape index (κ1) is 22.3. The van der Waals surface area contributed by atoms with Crippen LogP contribution in [0.2, 0.25) is 0 Å². The summed E-state index contributed by atoms with van der Waals surface area (Å²) in [6.07, 6.45) is 0.135. The van der Waals surface area contributed by atoms with Gasteiger partial charge in [-0.15, -0.1) is 0 Å². The molecule has 0 bridgehead atoms. The third-order valence-electron chi connectivity index (χ3n) is 5.79. The lowest BCUT2D eigenvalue weighted by Gasteiger charge is -2.18. The molecule has 33 heavy (non-hydrogen) atoms. The van der Waals surface area contributed by atoms with Crippen LogP contribution in [0.4, 0.5) is 17.1 Å². The van der Waals surface area contributed by atoms with E-state index in [1.165, 1.54) is 5.56 Å². The van der Waals surface area contributed by atoms with E-state index in [0.717, 1.165) is 5.69 Å². The van der Waals surface area contributed by atoms with Crippen LogP contribution in [-0.4, -0.2) is 24.3 Å². The number of benzene rings is 3. The molecule has 0 aromatic heterocycles. The molecule has 0 radical (unpaired) electrons. The van der Waals surface area contributed by atoms with E-state index < -0.39 is 5.92 Å². The minimum atomic E-state index is -0.455. The van der Waals surface area contributed by atoms with Crippen molar-refractivity contribution in [2.24, 2.45) is 5.92 Å². The van der Waals surface area contributed by atoms with Crippen molar-refractivity contribution in [2.75, 3.05) is 22.1 Å². The minimum absolute atomic E-state index is 0.133. The maximum atomic E-state index is 12.8. The fourth-order valence-corrected chi connectivity index (χ4v) is 3.87. The molecule has 6 heteroatoms. The summed E-state index contributed by atoms with van der Waals surface area (Å²) in [7, 11) is 0. The SMILES string of the molecule is CC(C)c1ccc(NC(=O)[C@H]2CC(=O)N(c3cccc(C(=O)Nc4ccccc4)c3)C2)cc1. The van der Waals surface area contributed by atoms with Crippen LogP contribution in [0.15, 0.2) is 78.9 Å². The molecule has 0 unspecified atom stereocenters. The monoisotopic (exact) mass is 441 g/mol. The highest BCUT2D eigenvalue weighted by Gasteiger charge is 2.35. The Morgan fingerprint density at radius 2 is 1.58 bits per heavy atom. The zero-order valence-electron chi connectivity index (χ0n) is 18.7. The summed E-state index contributed by atoms with van der Waals surface area (Å²) >= 11 is 0. The predicted octanol–water partition coefficient (Wildman–Crippen LogP) is 5.05. The number of hydrogen-bond acceptors (Lipinski definition) is 3. The molecule has 3 aromatic carbocycles. The van der Waals surface area contributed by atoms with Gasteiger partial charge in [-0.25, -0.2) is 0 Å². The first-order chi connectivity index (χ1) is 15.9. The van der Waals surface area contributed by atoms with Gasteiger partial charge in [0.25, 0.3) is 5.91 Å². The van der Waals surface area contributed by atoms with E-state index in [1.807, 2.05) is 54.6 Å². The molecule has 1 aliphatic heterocycles. The molecule has 0 spiro atoms. The molecular weight excluding hydrogens is 414 g/mol. The van der Waals surface area contributed by atoms with Crippen LogP contribution in [0.1, 0.15) is 42.1 Å². The van der Waals surface area contributed by atoms with Gasteiger partial charge in [-0.1, -0.05) is 50.2 Å². The van der Waals surface area contributed by atoms with Crippen molar-refractivity contribution >= 4 is 34.8 Å². The van der Waals surface area contributed by atoms with Crippen molar-refractivity contribution < 1.29 is 14.4 Å². The second-order valence-electron chi connectivity index (χ2n) is 8.54. The number of para-hydroxylation sites is 1. The molecule has 4 rings (SSSR count). The fourth-order valence-electron chi connectivity index (χ4n) is 3.87. The third-order valence-corrected chi connectivity index (χ3v) is 5.79. The lowest BCUT2D eigenvalue weighted by molar-refractivity contribution is -0.122. The molecule has 2 N–H and O–H groups in total. The number of nitrogens with one attached hydrogen (secondary N) is 2. The van der Waals surface area contributed by atoms with Crippen LogP contribution in [-0.2, 0) is 9.59 Å². The molecule has 6 nitrogen and oxygen atoms in total. The normalized spacial score (nSPS) is 15.5. The summed E-state index contributed by atoms with van der Waals surface area (Å²) in [6.45, 7) is 4.51. The van der Waals surface area contributed by atoms with Gasteiger partial charge in [-0.05, 0) is 53.9 Å². The van der Waals surface area contributed by atoms with Crippen molar-refractivity contribution in [1.82, 2.24) is 0 Å². The molecule has 0 aliphatic carbocycles. The summed E-state index contributed by atoms with van der Waals surface area (Å²) in [5, 5.41) is 5.76. The third kappa shape index (κ3) is 5.29. The standard InChI is InChI=1S/C27H27N3O3/c1-18(2)19-11-13-23(14-12-19)29-27(33)21-16-25(31)30(17-21)24-10-6-7-20(15-24)26(32)28-22-8-4-3-5-9-22/h3-15,18,21H,16-17H2,1-2H3,(H,28,32)(H,29,33)/t21-/m0/s1. The average molecular weight is 442 g/mol. The van der Waals surface area contributed by atoms with Crippen LogP contribution >= 0.6 is 0 Å². The Hall–Kier alpha value is -3.93. The van der Waals surface area contributed by atoms with E-state index in [-0.39, 0.29) is 30.7 Å². The molecule has 1 atom stereocenters. The molecule has 3 aromatic rings. The number of carbonyl (C=O) groups is 3. The largest absolute Gasteiger partial charge is 0.326 e. The summed E-state index contributed by atoms with van der Waals surface area (Å²) in [4.78, 5) is 39.7. The van der Waals surface area contributed by atoms with Gasteiger partial charge in [-0.2, -0.15) is 0 Å². The van der Waals surface area contributed by atoms with Crippen molar-refractivity contribution in [2.45, 2.75) is 26.2 Å². The highest BCUT2D eigenvalue weighted by Crippen LogP contribution is 2.27. The average Bonchev–Trinajstić information content (AvgIpc) is 3.22. The molecule has 1 saturated heterocycles. The van der Waals surface area contributed by atoms with E-state index in [1.54, 1.807) is 29.2 Å². The highest BCUT2D eigenvalue weighted by atomic mass is 16.2. The Balaban J connectivity index is 1.42. The number of rotatable bonds is 6. The first-order valence-corrected chi connectivity index (χ1v) is 11.1. The topological polar surface area (TPSA) is 78.5 Å². The van der Waals surface area contributed by atoms with Crippen molar-refractivity contribution in [3.8, 4) is 0 Å². The zero-order valence-corrected chi connectivity index (χ0v) is 18.7. The van der Waals surface area contributed by atoms with Gasteiger partial charge >= 0.3 is 0 Å². The number of hydrogen-bond donors (Lipinski definition) is 2. The minimum Gasteiger partial charge on any atom is -0.326 e. The smallest absolute Gasteiger partial charge is 0.255 e.